The first-order chi connectivity index (χ1) is 9.32. The lowest BCUT2D eigenvalue weighted by Crippen LogP contribution is -2.24. The van der Waals surface area contributed by atoms with Crippen molar-refractivity contribution < 1.29 is 9.90 Å². The van der Waals surface area contributed by atoms with Crippen molar-refractivity contribution in [2.24, 2.45) is 0 Å². The molecule has 1 aromatic carbocycles. The van der Waals surface area contributed by atoms with Crippen LogP contribution < -0.4 is 10.8 Å². The third kappa shape index (κ3) is 2.65. The zero-order chi connectivity index (χ0) is 15.0. The first kappa shape index (κ1) is 15.2. The van der Waals surface area contributed by atoms with E-state index in [-0.39, 0.29) is 31.5 Å². The second-order valence-electron chi connectivity index (χ2n) is 3.77. The molecule has 2 N–H and O–H groups in total. The van der Waals surface area contributed by atoms with Crippen molar-refractivity contribution in [3.05, 3.63) is 44.0 Å². The minimum Gasteiger partial charge on any atom is -0.543 e. The number of rotatable bonds is 2. The van der Waals surface area contributed by atoms with E-state index in [9.17, 15) is 9.90 Å². The number of carbonyl (C=O) groups is 1. The predicted molar refractivity (Wildman–Crippen MR) is 78.5 cm³/mol. The molecular formula is C12H5Cl4N2O2-. The van der Waals surface area contributed by atoms with Crippen molar-refractivity contribution in [2.45, 2.75) is 0 Å². The first-order valence-electron chi connectivity index (χ1n) is 5.14. The van der Waals surface area contributed by atoms with E-state index in [0.29, 0.717) is 5.56 Å². The third-order valence-corrected chi connectivity index (χ3v) is 4.18. The average molecular weight is 351 g/mol. The van der Waals surface area contributed by atoms with Gasteiger partial charge >= 0.3 is 0 Å². The van der Waals surface area contributed by atoms with Crippen molar-refractivity contribution in [1.82, 2.24) is 4.98 Å². The van der Waals surface area contributed by atoms with Crippen LogP contribution in [0.5, 0.6) is 0 Å². The molecule has 0 saturated carbocycles. The number of carboxylic acid groups (broad SMARTS) is 1. The number of aromatic nitrogens is 1. The highest BCUT2D eigenvalue weighted by molar-refractivity contribution is 6.49. The molecule has 0 bridgehead atoms. The van der Waals surface area contributed by atoms with E-state index >= 15 is 0 Å². The Morgan fingerprint density at radius 1 is 1.10 bits per heavy atom. The molecular weight excluding hydrogens is 346 g/mol. The van der Waals surface area contributed by atoms with Crippen LogP contribution in [0.1, 0.15) is 10.5 Å². The number of hydrogen-bond donors (Lipinski definition) is 1. The molecule has 1 aromatic heterocycles. The zero-order valence-corrected chi connectivity index (χ0v) is 12.6. The summed E-state index contributed by atoms with van der Waals surface area (Å²) in [6, 6.07) is 4.45. The van der Waals surface area contributed by atoms with Crippen LogP contribution in [-0.4, -0.2) is 11.0 Å². The maximum atomic E-state index is 11.0. The van der Waals surface area contributed by atoms with Gasteiger partial charge in [-0.3, -0.25) is 0 Å². The van der Waals surface area contributed by atoms with Crippen LogP contribution in [0.4, 0.5) is 5.69 Å². The summed E-state index contributed by atoms with van der Waals surface area (Å²) in [6.07, 6.45) is 0. The Hall–Kier alpha value is -1.20. The molecule has 0 spiro atoms. The summed E-state index contributed by atoms with van der Waals surface area (Å²) in [6.45, 7) is 0. The highest BCUT2D eigenvalue weighted by Crippen LogP contribution is 2.38. The summed E-state index contributed by atoms with van der Waals surface area (Å²) in [5.41, 5.74) is 5.81. The smallest absolute Gasteiger partial charge is 0.107 e. The van der Waals surface area contributed by atoms with E-state index in [1.807, 2.05) is 0 Å². The van der Waals surface area contributed by atoms with Crippen LogP contribution in [-0.2, 0) is 0 Å². The van der Waals surface area contributed by atoms with E-state index in [4.69, 9.17) is 52.1 Å². The fourth-order valence-electron chi connectivity index (χ4n) is 1.55. The Labute approximate surface area is 134 Å². The van der Waals surface area contributed by atoms with Gasteiger partial charge in [0.05, 0.1) is 37.4 Å². The fraction of sp³-hybridized carbons (Fsp3) is 0. The third-order valence-electron chi connectivity index (χ3n) is 2.49. The lowest BCUT2D eigenvalue weighted by atomic mass is 10.1. The number of anilines is 1. The van der Waals surface area contributed by atoms with Gasteiger partial charge in [0.25, 0.3) is 0 Å². The summed E-state index contributed by atoms with van der Waals surface area (Å²) in [5.74, 6) is -1.54. The lowest BCUT2D eigenvalue weighted by Gasteiger charge is -2.12. The second-order valence-corrected chi connectivity index (χ2v) is 5.31. The summed E-state index contributed by atoms with van der Waals surface area (Å²) < 4.78 is 0. The molecule has 0 aliphatic heterocycles. The predicted octanol–water partition coefficient (Wildman–Crippen LogP) is 3.31. The topological polar surface area (TPSA) is 79.0 Å². The Morgan fingerprint density at radius 3 is 2.35 bits per heavy atom. The molecule has 8 heteroatoms. The number of halogens is 4. The van der Waals surface area contributed by atoms with E-state index in [2.05, 4.69) is 4.98 Å². The lowest BCUT2D eigenvalue weighted by molar-refractivity contribution is -0.255. The summed E-state index contributed by atoms with van der Waals surface area (Å²) >= 11 is 23.6. The van der Waals surface area contributed by atoms with Gasteiger partial charge in [0, 0.05) is 5.56 Å². The van der Waals surface area contributed by atoms with E-state index < -0.39 is 11.7 Å². The Bertz CT molecular complexity index is 719. The Balaban J connectivity index is 2.71. The second kappa shape index (κ2) is 5.66. The molecule has 4 nitrogen and oxygen atoms in total. The molecule has 0 fully saturated rings. The summed E-state index contributed by atoms with van der Waals surface area (Å²) in [7, 11) is 0. The molecule has 2 rings (SSSR count). The number of carboxylic acids is 1. The van der Waals surface area contributed by atoms with Gasteiger partial charge in [-0.2, -0.15) is 0 Å². The SMILES string of the molecule is Nc1cc(-c2ccc(Cl)c(Cl)c2Cl)nc(C(=O)[O-])c1Cl. The number of nitrogen functional groups attached to an aromatic ring is 1. The first-order valence-corrected chi connectivity index (χ1v) is 6.65. The Morgan fingerprint density at radius 2 is 1.75 bits per heavy atom. The van der Waals surface area contributed by atoms with Crippen molar-refractivity contribution in [2.75, 3.05) is 5.73 Å². The molecule has 0 unspecified atom stereocenters. The van der Waals surface area contributed by atoms with Crippen LogP contribution in [0, 0.1) is 0 Å². The minimum atomic E-state index is -1.54. The number of benzene rings is 1. The quantitative estimate of drug-likeness (QED) is 0.842. The molecule has 0 radical (unpaired) electrons. The number of pyridine rings is 1. The average Bonchev–Trinajstić information content (AvgIpc) is 2.39. The van der Waals surface area contributed by atoms with Crippen molar-refractivity contribution in [3.8, 4) is 11.3 Å². The van der Waals surface area contributed by atoms with Crippen LogP contribution in [0.25, 0.3) is 11.3 Å². The fourth-order valence-corrected chi connectivity index (χ4v) is 2.35. The molecule has 104 valence electrons. The van der Waals surface area contributed by atoms with Crippen LogP contribution in [0.3, 0.4) is 0 Å². The van der Waals surface area contributed by atoms with Crippen LogP contribution in [0.15, 0.2) is 18.2 Å². The number of aromatic carboxylic acids is 1. The van der Waals surface area contributed by atoms with Gasteiger partial charge in [-0.15, -0.1) is 0 Å². The van der Waals surface area contributed by atoms with Gasteiger partial charge in [-0.05, 0) is 18.2 Å². The van der Waals surface area contributed by atoms with E-state index in [1.165, 1.54) is 12.1 Å². The summed E-state index contributed by atoms with van der Waals surface area (Å²) in [4.78, 5) is 14.8. The highest BCUT2D eigenvalue weighted by atomic mass is 35.5. The summed E-state index contributed by atoms with van der Waals surface area (Å²) in [5, 5.41) is 11.3. The monoisotopic (exact) mass is 349 g/mol. The van der Waals surface area contributed by atoms with Gasteiger partial charge in [0.2, 0.25) is 0 Å². The van der Waals surface area contributed by atoms with Gasteiger partial charge in [-0.1, -0.05) is 46.4 Å². The molecule has 1 heterocycles. The maximum absolute atomic E-state index is 11.0. The van der Waals surface area contributed by atoms with Gasteiger partial charge in [-0.25, -0.2) is 4.98 Å². The normalized spacial score (nSPS) is 10.6. The zero-order valence-electron chi connectivity index (χ0n) is 9.58. The maximum Gasteiger partial charge on any atom is 0.107 e. The van der Waals surface area contributed by atoms with E-state index in [1.54, 1.807) is 6.07 Å². The number of nitrogens with two attached hydrogens (primary N) is 1. The van der Waals surface area contributed by atoms with Crippen molar-refractivity contribution in [1.29, 1.82) is 0 Å². The van der Waals surface area contributed by atoms with Gasteiger partial charge in [0.1, 0.15) is 5.69 Å². The molecule has 0 atom stereocenters. The van der Waals surface area contributed by atoms with Crippen molar-refractivity contribution >= 4 is 58.1 Å². The molecule has 0 saturated heterocycles. The molecule has 0 aliphatic rings. The molecule has 0 aliphatic carbocycles. The van der Waals surface area contributed by atoms with Crippen LogP contribution >= 0.6 is 46.4 Å². The molecule has 20 heavy (non-hydrogen) atoms. The molecule has 0 amide bonds. The highest BCUT2D eigenvalue weighted by Gasteiger charge is 2.15. The van der Waals surface area contributed by atoms with E-state index in [0.717, 1.165) is 0 Å². The minimum absolute atomic E-state index is 0.0398. The standard InChI is InChI=1S/C12H6Cl4N2O2/c13-5-2-1-4(8(14)9(5)15)7-3-6(17)10(16)11(18-7)12(19)20/h1-3H,(H2,17,18)(H,19,20)/p-1. The van der Waals surface area contributed by atoms with Gasteiger partial charge < -0.3 is 15.6 Å². The van der Waals surface area contributed by atoms with Crippen molar-refractivity contribution in [3.63, 3.8) is 0 Å². The molecule has 2 aromatic rings. The number of hydrogen-bond acceptors (Lipinski definition) is 4. The van der Waals surface area contributed by atoms with Crippen LogP contribution in [0.2, 0.25) is 20.1 Å². The largest absolute Gasteiger partial charge is 0.543 e. The van der Waals surface area contributed by atoms with Gasteiger partial charge in [0.15, 0.2) is 0 Å². The number of carbonyl (C=O) groups excluding carboxylic acids is 1. The number of nitrogens with zero attached hydrogens (tertiary/aromatic N) is 1. The Kier molecular flexibility index (Phi) is 4.30.